The van der Waals surface area contributed by atoms with E-state index in [9.17, 15) is 4.39 Å². The summed E-state index contributed by atoms with van der Waals surface area (Å²) < 4.78 is 25.0. The molecule has 0 aliphatic rings. The van der Waals surface area contributed by atoms with Gasteiger partial charge < -0.3 is 8.94 Å². The Morgan fingerprint density at radius 2 is 1.79 bits per heavy atom. The first-order valence-electron chi connectivity index (χ1n) is 7.63. The molecule has 0 N–H and O–H groups in total. The van der Waals surface area contributed by atoms with E-state index in [1.54, 1.807) is 25.1 Å². The standard InChI is InChI=1S/C18H14FN3O2/c1-11-5-4-6-12(17(11)19)18-21-16(24-22-18)10-9-15-20-13-7-2-3-8-14(13)23-15/h2-8H,9-10H2,1H3. The van der Waals surface area contributed by atoms with Crippen LogP contribution in [0.5, 0.6) is 0 Å². The third kappa shape index (κ3) is 2.67. The molecule has 0 bridgehead atoms. The zero-order valence-electron chi connectivity index (χ0n) is 13.0. The largest absolute Gasteiger partial charge is 0.441 e. The number of aryl methyl sites for hydroxylation is 3. The van der Waals surface area contributed by atoms with Crippen LogP contribution in [0, 0.1) is 12.7 Å². The van der Waals surface area contributed by atoms with Crippen molar-refractivity contribution in [3.63, 3.8) is 0 Å². The van der Waals surface area contributed by atoms with E-state index < -0.39 is 0 Å². The van der Waals surface area contributed by atoms with Gasteiger partial charge in [-0.25, -0.2) is 9.37 Å². The molecule has 0 unspecified atom stereocenters. The van der Waals surface area contributed by atoms with Crippen molar-refractivity contribution in [3.8, 4) is 11.4 Å². The van der Waals surface area contributed by atoms with Gasteiger partial charge in [0.05, 0.1) is 5.56 Å². The normalized spacial score (nSPS) is 11.2. The van der Waals surface area contributed by atoms with Crippen LogP contribution in [0.15, 0.2) is 51.4 Å². The molecule has 24 heavy (non-hydrogen) atoms. The summed E-state index contributed by atoms with van der Waals surface area (Å²) in [5.74, 6) is 0.957. The van der Waals surface area contributed by atoms with Crippen LogP contribution >= 0.6 is 0 Å². The molecule has 2 heterocycles. The number of halogens is 1. The Hall–Kier alpha value is -3.02. The lowest BCUT2D eigenvalue weighted by Gasteiger charge is -1.99. The van der Waals surface area contributed by atoms with Gasteiger partial charge in [-0.3, -0.25) is 0 Å². The van der Waals surface area contributed by atoms with E-state index in [0.29, 0.717) is 35.7 Å². The minimum Gasteiger partial charge on any atom is -0.441 e. The van der Waals surface area contributed by atoms with Crippen molar-refractivity contribution in [2.75, 3.05) is 0 Å². The molecule has 0 spiro atoms. The third-order valence-electron chi connectivity index (χ3n) is 3.79. The molecule has 2 aromatic heterocycles. The predicted molar refractivity (Wildman–Crippen MR) is 85.8 cm³/mol. The Morgan fingerprint density at radius 1 is 0.958 bits per heavy atom. The van der Waals surface area contributed by atoms with E-state index in [0.717, 1.165) is 11.1 Å². The van der Waals surface area contributed by atoms with Crippen molar-refractivity contribution >= 4 is 11.1 Å². The van der Waals surface area contributed by atoms with E-state index >= 15 is 0 Å². The fraction of sp³-hybridized carbons (Fsp3) is 0.167. The van der Waals surface area contributed by atoms with Crippen LogP contribution in [0.25, 0.3) is 22.5 Å². The first-order valence-corrected chi connectivity index (χ1v) is 7.63. The summed E-state index contributed by atoms with van der Waals surface area (Å²) in [5.41, 5.74) is 2.46. The molecule has 0 radical (unpaired) electrons. The highest BCUT2D eigenvalue weighted by atomic mass is 19.1. The summed E-state index contributed by atoms with van der Waals surface area (Å²) in [7, 11) is 0. The van der Waals surface area contributed by atoms with Gasteiger partial charge in [0.2, 0.25) is 11.7 Å². The van der Waals surface area contributed by atoms with Gasteiger partial charge in [0, 0.05) is 12.8 Å². The van der Waals surface area contributed by atoms with Gasteiger partial charge in [-0.05, 0) is 30.7 Å². The highest BCUT2D eigenvalue weighted by molar-refractivity contribution is 5.72. The molecule has 0 aliphatic heterocycles. The molecule has 0 aliphatic carbocycles. The smallest absolute Gasteiger partial charge is 0.227 e. The number of hydrogen-bond donors (Lipinski definition) is 0. The molecule has 0 saturated carbocycles. The lowest BCUT2D eigenvalue weighted by atomic mass is 10.1. The van der Waals surface area contributed by atoms with Gasteiger partial charge in [0.1, 0.15) is 11.3 Å². The zero-order chi connectivity index (χ0) is 16.5. The van der Waals surface area contributed by atoms with Crippen LogP contribution in [-0.4, -0.2) is 15.1 Å². The Morgan fingerprint density at radius 3 is 2.67 bits per heavy atom. The quantitative estimate of drug-likeness (QED) is 0.565. The first-order chi connectivity index (χ1) is 11.7. The molecule has 5 nitrogen and oxygen atoms in total. The number of fused-ring (bicyclic) bond motifs is 1. The van der Waals surface area contributed by atoms with Crippen LogP contribution in [0.3, 0.4) is 0 Å². The Bertz CT molecular complexity index is 973. The summed E-state index contributed by atoms with van der Waals surface area (Å²) in [5, 5.41) is 3.87. The third-order valence-corrected chi connectivity index (χ3v) is 3.79. The maximum Gasteiger partial charge on any atom is 0.227 e. The van der Waals surface area contributed by atoms with Crippen LogP contribution < -0.4 is 0 Å². The van der Waals surface area contributed by atoms with Crippen molar-refractivity contribution in [1.82, 2.24) is 15.1 Å². The molecule has 120 valence electrons. The van der Waals surface area contributed by atoms with Crippen LogP contribution in [0.1, 0.15) is 17.3 Å². The number of oxazole rings is 1. The van der Waals surface area contributed by atoms with E-state index in [-0.39, 0.29) is 11.6 Å². The molecule has 2 aromatic carbocycles. The molecule has 4 rings (SSSR count). The fourth-order valence-corrected chi connectivity index (χ4v) is 2.53. The predicted octanol–water partition coefficient (Wildman–Crippen LogP) is 4.11. The minimum atomic E-state index is -0.330. The molecular weight excluding hydrogens is 309 g/mol. The van der Waals surface area contributed by atoms with E-state index in [1.807, 2.05) is 24.3 Å². The second-order valence-corrected chi connectivity index (χ2v) is 5.52. The van der Waals surface area contributed by atoms with E-state index in [2.05, 4.69) is 15.1 Å². The summed E-state index contributed by atoms with van der Waals surface area (Å²) in [6.45, 7) is 1.70. The van der Waals surface area contributed by atoms with Crippen LogP contribution in [0.2, 0.25) is 0 Å². The number of rotatable bonds is 4. The minimum absolute atomic E-state index is 0.253. The lowest BCUT2D eigenvalue weighted by molar-refractivity contribution is 0.374. The van der Waals surface area contributed by atoms with Gasteiger partial charge >= 0.3 is 0 Å². The van der Waals surface area contributed by atoms with Gasteiger partial charge in [0.15, 0.2) is 11.5 Å². The summed E-state index contributed by atoms with van der Waals surface area (Å²) >= 11 is 0. The Kier molecular flexibility index (Phi) is 3.57. The van der Waals surface area contributed by atoms with Crippen molar-refractivity contribution in [3.05, 3.63) is 65.6 Å². The topological polar surface area (TPSA) is 65.0 Å². The SMILES string of the molecule is Cc1cccc(-c2noc(CCc3nc4ccccc4o3)n2)c1F. The van der Waals surface area contributed by atoms with Crippen molar-refractivity contribution in [1.29, 1.82) is 0 Å². The number of benzene rings is 2. The molecule has 4 aromatic rings. The maximum absolute atomic E-state index is 14.1. The van der Waals surface area contributed by atoms with Crippen molar-refractivity contribution in [2.24, 2.45) is 0 Å². The second-order valence-electron chi connectivity index (χ2n) is 5.52. The van der Waals surface area contributed by atoms with Gasteiger partial charge in [-0.2, -0.15) is 4.98 Å². The van der Waals surface area contributed by atoms with E-state index in [4.69, 9.17) is 8.94 Å². The Labute approximate surface area is 137 Å². The molecule has 0 fully saturated rings. The maximum atomic E-state index is 14.1. The lowest BCUT2D eigenvalue weighted by Crippen LogP contribution is -1.93. The molecular formula is C18H14FN3O2. The summed E-state index contributed by atoms with van der Waals surface area (Å²) in [4.78, 5) is 8.67. The van der Waals surface area contributed by atoms with Crippen molar-refractivity contribution in [2.45, 2.75) is 19.8 Å². The number of nitrogens with zero attached hydrogens (tertiary/aromatic N) is 3. The second kappa shape index (κ2) is 5.88. The monoisotopic (exact) mass is 323 g/mol. The number of hydrogen-bond acceptors (Lipinski definition) is 5. The fourth-order valence-electron chi connectivity index (χ4n) is 2.53. The number of para-hydroxylation sites is 2. The average Bonchev–Trinajstić information content (AvgIpc) is 3.21. The molecule has 6 heteroatoms. The van der Waals surface area contributed by atoms with Crippen molar-refractivity contribution < 1.29 is 13.3 Å². The summed E-state index contributed by atoms with van der Waals surface area (Å²) in [6, 6.07) is 12.7. The number of aromatic nitrogens is 3. The van der Waals surface area contributed by atoms with Gasteiger partial charge in [-0.1, -0.05) is 29.4 Å². The Balaban J connectivity index is 1.52. The zero-order valence-corrected chi connectivity index (χ0v) is 13.0. The summed E-state index contributed by atoms with van der Waals surface area (Å²) in [6.07, 6.45) is 1.01. The van der Waals surface area contributed by atoms with Gasteiger partial charge in [-0.15, -0.1) is 0 Å². The molecule has 0 saturated heterocycles. The van der Waals surface area contributed by atoms with Crippen LogP contribution in [0.4, 0.5) is 4.39 Å². The van der Waals surface area contributed by atoms with Gasteiger partial charge in [0.25, 0.3) is 0 Å². The average molecular weight is 323 g/mol. The first kappa shape index (κ1) is 14.6. The highest BCUT2D eigenvalue weighted by Gasteiger charge is 2.15. The van der Waals surface area contributed by atoms with E-state index in [1.165, 1.54) is 0 Å². The highest BCUT2D eigenvalue weighted by Crippen LogP contribution is 2.22. The molecule has 0 atom stereocenters. The van der Waals surface area contributed by atoms with Crippen LogP contribution in [-0.2, 0) is 12.8 Å². The molecule has 0 amide bonds.